The first kappa shape index (κ1) is 24.7. The van der Waals surface area contributed by atoms with E-state index in [9.17, 15) is 4.79 Å². The third-order valence-corrected chi connectivity index (χ3v) is 3.52. The number of nitrogens with zero attached hydrogens (tertiary/aromatic N) is 1. The second-order valence-electron chi connectivity index (χ2n) is 7.22. The summed E-state index contributed by atoms with van der Waals surface area (Å²) >= 11 is 0. The lowest BCUT2D eigenvalue weighted by Gasteiger charge is -2.20. The second-order valence-corrected chi connectivity index (χ2v) is 7.22. The fourth-order valence-corrected chi connectivity index (χ4v) is 2.43. The van der Waals surface area contributed by atoms with Crippen LogP contribution in [-0.4, -0.2) is 37.0 Å². The first-order valence-electron chi connectivity index (χ1n) is 9.28. The van der Waals surface area contributed by atoms with Crippen LogP contribution in [0.3, 0.4) is 0 Å². The molecule has 1 amide bonds. The topological polar surface area (TPSA) is 65.5 Å². The monoisotopic (exact) mass is 474 g/mol. The van der Waals surface area contributed by atoms with Gasteiger partial charge in [-0.1, -0.05) is 36.8 Å². The Bertz CT molecular complexity index is 526. The molecular weight excluding hydrogens is 439 g/mol. The Morgan fingerprint density at radius 3 is 2.35 bits per heavy atom. The average Bonchev–Trinajstić information content (AvgIpc) is 2.55. The SMILES string of the molecule is CCNC(=NCC(=O)NC(C)(C)C)NCCCCCc1ccccc1.I. The maximum atomic E-state index is 11.8. The summed E-state index contributed by atoms with van der Waals surface area (Å²) in [5, 5.41) is 9.39. The van der Waals surface area contributed by atoms with Crippen molar-refractivity contribution in [3.8, 4) is 0 Å². The number of unbranched alkanes of at least 4 members (excludes halogenated alkanes) is 2. The molecule has 1 rings (SSSR count). The Kier molecular flexibility index (Phi) is 13.1. The Balaban J connectivity index is 0.00000625. The van der Waals surface area contributed by atoms with Crippen LogP contribution in [0, 0.1) is 0 Å². The van der Waals surface area contributed by atoms with Gasteiger partial charge in [0.2, 0.25) is 5.91 Å². The summed E-state index contributed by atoms with van der Waals surface area (Å²) in [7, 11) is 0. The highest BCUT2D eigenvalue weighted by atomic mass is 127. The summed E-state index contributed by atoms with van der Waals surface area (Å²) < 4.78 is 0. The predicted molar refractivity (Wildman–Crippen MR) is 121 cm³/mol. The van der Waals surface area contributed by atoms with Crippen LogP contribution in [-0.2, 0) is 11.2 Å². The molecule has 0 saturated heterocycles. The smallest absolute Gasteiger partial charge is 0.242 e. The third kappa shape index (κ3) is 13.0. The Morgan fingerprint density at radius 2 is 1.73 bits per heavy atom. The number of hydrogen-bond acceptors (Lipinski definition) is 2. The van der Waals surface area contributed by atoms with Crippen LogP contribution in [0.5, 0.6) is 0 Å². The van der Waals surface area contributed by atoms with Crippen LogP contribution in [0.1, 0.15) is 52.5 Å². The molecule has 6 heteroatoms. The van der Waals surface area contributed by atoms with Crippen molar-refractivity contribution < 1.29 is 4.79 Å². The summed E-state index contributed by atoms with van der Waals surface area (Å²) in [6, 6.07) is 10.6. The molecule has 0 radical (unpaired) electrons. The minimum atomic E-state index is -0.225. The number of nitrogens with one attached hydrogen (secondary N) is 3. The maximum Gasteiger partial charge on any atom is 0.242 e. The molecule has 0 saturated carbocycles. The number of hydrogen-bond donors (Lipinski definition) is 3. The first-order valence-corrected chi connectivity index (χ1v) is 9.28. The maximum absolute atomic E-state index is 11.8. The zero-order valence-corrected chi connectivity index (χ0v) is 18.9. The molecule has 0 bridgehead atoms. The van der Waals surface area contributed by atoms with Crippen molar-refractivity contribution in [1.29, 1.82) is 0 Å². The van der Waals surface area contributed by atoms with Crippen molar-refractivity contribution in [2.75, 3.05) is 19.6 Å². The van der Waals surface area contributed by atoms with Crippen LogP contribution in [0.25, 0.3) is 0 Å². The highest BCUT2D eigenvalue weighted by Crippen LogP contribution is 2.05. The Morgan fingerprint density at radius 1 is 1.04 bits per heavy atom. The van der Waals surface area contributed by atoms with Crippen molar-refractivity contribution in [2.45, 2.75) is 58.9 Å². The number of benzene rings is 1. The molecule has 26 heavy (non-hydrogen) atoms. The van der Waals surface area contributed by atoms with Gasteiger partial charge in [-0.3, -0.25) is 4.79 Å². The summed E-state index contributed by atoms with van der Waals surface area (Å²) in [5.74, 6) is 0.641. The Labute approximate surface area is 175 Å². The standard InChI is InChI=1S/C20H34N4O.HI/c1-5-21-19(23-16-18(25)24-20(2,3)4)22-15-11-7-10-14-17-12-8-6-9-13-17;/h6,8-9,12-13H,5,7,10-11,14-16H2,1-4H3,(H,24,25)(H2,21,22,23);1H. The van der Waals surface area contributed by atoms with Crippen molar-refractivity contribution >= 4 is 35.8 Å². The van der Waals surface area contributed by atoms with Crippen LogP contribution in [0.15, 0.2) is 35.3 Å². The number of aryl methyl sites for hydroxylation is 1. The van der Waals surface area contributed by atoms with E-state index in [1.165, 1.54) is 18.4 Å². The van der Waals surface area contributed by atoms with Crippen molar-refractivity contribution in [2.24, 2.45) is 4.99 Å². The number of carbonyl (C=O) groups is 1. The normalized spacial score (nSPS) is 11.5. The van der Waals surface area contributed by atoms with Crippen molar-refractivity contribution in [1.82, 2.24) is 16.0 Å². The molecule has 0 aliphatic carbocycles. The molecule has 0 heterocycles. The molecule has 0 fully saturated rings. The third-order valence-electron chi connectivity index (χ3n) is 3.52. The minimum absolute atomic E-state index is 0. The molecule has 148 valence electrons. The lowest BCUT2D eigenvalue weighted by molar-refractivity contribution is -0.121. The van der Waals surface area contributed by atoms with Gasteiger partial charge in [0, 0.05) is 18.6 Å². The van der Waals surface area contributed by atoms with Crippen LogP contribution >= 0.6 is 24.0 Å². The predicted octanol–water partition coefficient (Wildman–Crippen LogP) is 3.49. The minimum Gasteiger partial charge on any atom is -0.357 e. The fourth-order valence-electron chi connectivity index (χ4n) is 2.43. The highest BCUT2D eigenvalue weighted by Gasteiger charge is 2.13. The number of carbonyl (C=O) groups excluding carboxylic acids is 1. The first-order chi connectivity index (χ1) is 11.9. The van der Waals surface area contributed by atoms with Gasteiger partial charge in [-0.25, -0.2) is 4.99 Å². The van der Waals surface area contributed by atoms with Gasteiger partial charge in [0.25, 0.3) is 0 Å². The zero-order chi connectivity index (χ0) is 18.5. The van der Waals surface area contributed by atoms with Gasteiger partial charge in [0.15, 0.2) is 5.96 Å². The molecule has 0 atom stereocenters. The molecule has 1 aromatic rings. The van der Waals surface area contributed by atoms with Crippen LogP contribution in [0.4, 0.5) is 0 Å². The van der Waals surface area contributed by atoms with E-state index in [1.807, 2.05) is 27.7 Å². The van der Waals surface area contributed by atoms with Crippen molar-refractivity contribution in [3.63, 3.8) is 0 Å². The number of guanidine groups is 1. The molecule has 5 nitrogen and oxygen atoms in total. The fraction of sp³-hybridized carbons (Fsp3) is 0.600. The van der Waals surface area contributed by atoms with E-state index < -0.39 is 0 Å². The molecule has 0 aliphatic rings. The summed E-state index contributed by atoms with van der Waals surface area (Å²) in [4.78, 5) is 16.2. The van der Waals surface area contributed by atoms with Gasteiger partial charge in [-0.2, -0.15) is 0 Å². The largest absolute Gasteiger partial charge is 0.357 e. The molecule has 0 aliphatic heterocycles. The highest BCUT2D eigenvalue weighted by molar-refractivity contribution is 14.0. The van der Waals surface area contributed by atoms with E-state index in [1.54, 1.807) is 0 Å². The van der Waals surface area contributed by atoms with Crippen LogP contribution < -0.4 is 16.0 Å². The summed E-state index contributed by atoms with van der Waals surface area (Å²) in [5.41, 5.74) is 1.17. The molecule has 0 aromatic heterocycles. The van der Waals surface area contributed by atoms with E-state index in [-0.39, 0.29) is 42.0 Å². The van der Waals surface area contributed by atoms with E-state index >= 15 is 0 Å². The lowest BCUT2D eigenvalue weighted by Crippen LogP contribution is -2.43. The number of amides is 1. The van der Waals surface area contributed by atoms with Crippen LogP contribution in [0.2, 0.25) is 0 Å². The van der Waals surface area contributed by atoms with E-state index in [2.05, 4.69) is 51.3 Å². The molecule has 0 spiro atoms. The second kappa shape index (κ2) is 13.8. The molecule has 1 aromatic carbocycles. The van der Waals surface area contributed by atoms with Gasteiger partial charge < -0.3 is 16.0 Å². The van der Waals surface area contributed by atoms with E-state index in [4.69, 9.17) is 0 Å². The van der Waals surface area contributed by atoms with E-state index in [0.29, 0.717) is 5.96 Å². The van der Waals surface area contributed by atoms with Gasteiger partial charge in [-0.05, 0) is 52.5 Å². The molecule has 3 N–H and O–H groups in total. The average molecular weight is 474 g/mol. The Hall–Kier alpha value is -1.31. The number of halogens is 1. The lowest BCUT2D eigenvalue weighted by atomic mass is 10.1. The van der Waals surface area contributed by atoms with Gasteiger partial charge in [-0.15, -0.1) is 24.0 Å². The van der Waals surface area contributed by atoms with Gasteiger partial charge >= 0.3 is 0 Å². The number of rotatable bonds is 9. The molecule has 0 unspecified atom stereocenters. The van der Waals surface area contributed by atoms with Crippen molar-refractivity contribution in [3.05, 3.63) is 35.9 Å². The van der Waals surface area contributed by atoms with E-state index in [0.717, 1.165) is 25.9 Å². The number of aliphatic imine (C=N–C) groups is 1. The summed E-state index contributed by atoms with van der Waals surface area (Å²) in [6.45, 7) is 9.70. The van der Waals surface area contributed by atoms with Gasteiger partial charge in [0.05, 0.1) is 0 Å². The van der Waals surface area contributed by atoms with Gasteiger partial charge in [0.1, 0.15) is 6.54 Å². The summed E-state index contributed by atoms with van der Waals surface area (Å²) in [6.07, 6.45) is 4.58. The molecular formula is C20H35IN4O. The quantitative estimate of drug-likeness (QED) is 0.222. The zero-order valence-electron chi connectivity index (χ0n) is 16.6.